The molecule has 1 amide bonds. The maximum absolute atomic E-state index is 12.6. The lowest BCUT2D eigenvalue weighted by atomic mass is 10.0. The Labute approximate surface area is 165 Å². The van der Waals surface area contributed by atoms with E-state index in [1.807, 2.05) is 30.3 Å². The van der Waals surface area contributed by atoms with Gasteiger partial charge >= 0.3 is 0 Å². The Kier molecular flexibility index (Phi) is 7.25. The Balaban J connectivity index is 1.78. The van der Waals surface area contributed by atoms with Crippen LogP contribution in [0.4, 0.5) is 5.69 Å². The van der Waals surface area contributed by atoms with Gasteiger partial charge < -0.3 is 20.4 Å². The molecule has 0 radical (unpaired) electrons. The molecular formula is C21H37N3O2Si. The van der Waals surface area contributed by atoms with E-state index in [0.717, 1.165) is 18.8 Å². The van der Waals surface area contributed by atoms with Gasteiger partial charge in [0, 0.05) is 24.3 Å². The number of benzene rings is 1. The molecule has 1 aromatic rings. The minimum atomic E-state index is -1.71. The zero-order valence-electron chi connectivity index (χ0n) is 17.9. The van der Waals surface area contributed by atoms with E-state index in [-0.39, 0.29) is 22.9 Å². The number of carbonyl (C=O) groups excluding carboxylic acids is 1. The molecule has 0 bridgehead atoms. The van der Waals surface area contributed by atoms with Gasteiger partial charge in [0.05, 0.1) is 12.6 Å². The third-order valence-electron chi connectivity index (χ3n) is 5.78. The maximum atomic E-state index is 12.6. The number of para-hydroxylation sites is 1. The zero-order chi connectivity index (χ0) is 20.2. The molecule has 1 aliphatic rings. The molecular weight excluding hydrogens is 354 g/mol. The summed E-state index contributed by atoms with van der Waals surface area (Å²) in [6.07, 6.45) is 0. The summed E-state index contributed by atoms with van der Waals surface area (Å²) in [5, 5.41) is 10.1. The van der Waals surface area contributed by atoms with Crippen LogP contribution in [0.2, 0.25) is 18.1 Å². The fourth-order valence-corrected chi connectivity index (χ4v) is 3.76. The largest absolute Gasteiger partial charge is 0.415 e. The van der Waals surface area contributed by atoms with Crippen LogP contribution in [0.5, 0.6) is 0 Å². The van der Waals surface area contributed by atoms with Crippen molar-refractivity contribution in [1.82, 2.24) is 10.6 Å². The van der Waals surface area contributed by atoms with Crippen molar-refractivity contribution >= 4 is 19.9 Å². The number of hydrogen-bond donors (Lipinski definition) is 3. The molecule has 0 spiro atoms. The van der Waals surface area contributed by atoms with Crippen molar-refractivity contribution in [3.8, 4) is 0 Å². The van der Waals surface area contributed by atoms with Crippen LogP contribution in [0.25, 0.3) is 0 Å². The number of amides is 1. The SMILES string of the molecule is CC(C)[C@H](NC[C@H]1N[C@@H]1CO[Si](C)(C)C(C)(C)C)C(=O)Nc1ccccc1. The average molecular weight is 392 g/mol. The van der Waals surface area contributed by atoms with Crippen LogP contribution in [0.1, 0.15) is 34.6 Å². The van der Waals surface area contributed by atoms with Gasteiger partial charge in [0.25, 0.3) is 0 Å². The van der Waals surface area contributed by atoms with Crippen molar-refractivity contribution < 1.29 is 9.22 Å². The Morgan fingerprint density at radius 2 is 1.81 bits per heavy atom. The topological polar surface area (TPSA) is 72.3 Å². The standard InChI is InChI=1S/C21H37N3O2Si/c1-15(2)19(20(25)23-16-11-9-8-10-12-16)22-13-17-18(24-17)14-26-27(6,7)21(3,4)5/h8-12,15,17-19,22,24H,13-14H2,1-7H3,(H,23,25)/t17-,18-,19+/m1/s1. The third kappa shape index (κ3) is 6.42. The van der Waals surface area contributed by atoms with E-state index in [9.17, 15) is 4.79 Å². The van der Waals surface area contributed by atoms with E-state index < -0.39 is 8.32 Å². The van der Waals surface area contributed by atoms with Crippen molar-refractivity contribution in [3.05, 3.63) is 30.3 Å². The minimum Gasteiger partial charge on any atom is -0.415 e. The van der Waals surface area contributed by atoms with Gasteiger partial charge in [0.2, 0.25) is 5.91 Å². The highest BCUT2D eigenvalue weighted by Crippen LogP contribution is 2.37. The molecule has 152 valence electrons. The highest BCUT2D eigenvalue weighted by atomic mass is 28.4. The zero-order valence-corrected chi connectivity index (χ0v) is 18.9. The van der Waals surface area contributed by atoms with Gasteiger partial charge in [-0.15, -0.1) is 0 Å². The number of anilines is 1. The molecule has 2 rings (SSSR count). The van der Waals surface area contributed by atoms with Crippen molar-refractivity contribution in [2.75, 3.05) is 18.5 Å². The molecule has 1 saturated heterocycles. The summed E-state index contributed by atoms with van der Waals surface area (Å²) < 4.78 is 6.30. The molecule has 1 aromatic carbocycles. The van der Waals surface area contributed by atoms with Gasteiger partial charge in [-0.25, -0.2) is 0 Å². The number of rotatable bonds is 9. The van der Waals surface area contributed by atoms with Crippen LogP contribution in [0.3, 0.4) is 0 Å². The van der Waals surface area contributed by atoms with Gasteiger partial charge in [0.1, 0.15) is 0 Å². The fraction of sp³-hybridized carbons (Fsp3) is 0.667. The Bertz CT molecular complexity index is 614. The van der Waals surface area contributed by atoms with Crippen molar-refractivity contribution in [1.29, 1.82) is 0 Å². The van der Waals surface area contributed by atoms with Crippen LogP contribution in [-0.4, -0.2) is 45.5 Å². The Morgan fingerprint density at radius 3 is 2.37 bits per heavy atom. The van der Waals surface area contributed by atoms with Gasteiger partial charge in [-0.3, -0.25) is 4.79 Å². The monoisotopic (exact) mass is 391 g/mol. The first kappa shape index (κ1) is 22.1. The predicted molar refractivity (Wildman–Crippen MR) is 116 cm³/mol. The molecule has 3 atom stereocenters. The van der Waals surface area contributed by atoms with E-state index >= 15 is 0 Å². The van der Waals surface area contributed by atoms with E-state index in [2.05, 4.69) is 63.7 Å². The summed E-state index contributed by atoms with van der Waals surface area (Å²) in [7, 11) is -1.71. The average Bonchev–Trinajstić information content (AvgIpc) is 3.31. The van der Waals surface area contributed by atoms with E-state index in [0.29, 0.717) is 12.1 Å². The highest BCUT2D eigenvalue weighted by Gasteiger charge is 2.42. The third-order valence-corrected chi connectivity index (χ3v) is 10.3. The molecule has 1 fully saturated rings. The second kappa shape index (κ2) is 8.86. The lowest BCUT2D eigenvalue weighted by molar-refractivity contribution is -0.119. The maximum Gasteiger partial charge on any atom is 0.241 e. The van der Waals surface area contributed by atoms with Gasteiger partial charge in [-0.05, 0) is 36.2 Å². The normalized spacial score (nSPS) is 21.2. The summed E-state index contributed by atoms with van der Waals surface area (Å²) in [5.74, 6) is 0.236. The molecule has 1 heterocycles. The second-order valence-electron chi connectivity index (χ2n) is 9.44. The van der Waals surface area contributed by atoms with Crippen LogP contribution in [-0.2, 0) is 9.22 Å². The van der Waals surface area contributed by atoms with Gasteiger partial charge in [0.15, 0.2) is 8.32 Å². The lowest BCUT2D eigenvalue weighted by Gasteiger charge is -2.36. The molecule has 5 nitrogen and oxygen atoms in total. The predicted octanol–water partition coefficient (Wildman–Crippen LogP) is 3.60. The van der Waals surface area contributed by atoms with E-state index in [1.54, 1.807) is 0 Å². The van der Waals surface area contributed by atoms with Crippen LogP contribution in [0, 0.1) is 5.92 Å². The molecule has 3 N–H and O–H groups in total. The first-order valence-electron chi connectivity index (χ1n) is 10.0. The molecule has 0 aromatic heterocycles. The summed E-state index contributed by atoms with van der Waals surface area (Å²) in [5.41, 5.74) is 0.833. The first-order valence-corrected chi connectivity index (χ1v) is 12.9. The lowest BCUT2D eigenvalue weighted by Crippen LogP contribution is -2.46. The number of carbonyl (C=O) groups is 1. The van der Waals surface area contributed by atoms with E-state index in [4.69, 9.17) is 4.43 Å². The molecule has 0 unspecified atom stereocenters. The second-order valence-corrected chi connectivity index (χ2v) is 14.2. The van der Waals surface area contributed by atoms with Gasteiger partial charge in [-0.1, -0.05) is 52.8 Å². The summed E-state index contributed by atoms with van der Waals surface area (Å²) in [4.78, 5) is 12.6. The number of hydrogen-bond acceptors (Lipinski definition) is 4. The van der Waals surface area contributed by atoms with Gasteiger partial charge in [-0.2, -0.15) is 0 Å². The fourth-order valence-electron chi connectivity index (χ4n) is 2.73. The molecule has 0 aliphatic carbocycles. The van der Waals surface area contributed by atoms with Crippen LogP contribution >= 0.6 is 0 Å². The molecule has 1 aliphatic heterocycles. The van der Waals surface area contributed by atoms with Crippen LogP contribution < -0.4 is 16.0 Å². The molecule has 27 heavy (non-hydrogen) atoms. The van der Waals surface area contributed by atoms with E-state index in [1.165, 1.54) is 0 Å². The smallest absolute Gasteiger partial charge is 0.241 e. The Morgan fingerprint density at radius 1 is 1.19 bits per heavy atom. The van der Waals surface area contributed by atoms with Crippen molar-refractivity contribution in [3.63, 3.8) is 0 Å². The van der Waals surface area contributed by atoms with Crippen LogP contribution in [0.15, 0.2) is 30.3 Å². The summed E-state index contributed by atoms with van der Waals surface area (Å²) in [6, 6.07) is 10.2. The first-order chi connectivity index (χ1) is 12.5. The minimum absolute atomic E-state index is 0.0194. The van der Waals surface area contributed by atoms with Crippen molar-refractivity contribution in [2.45, 2.75) is 70.9 Å². The van der Waals surface area contributed by atoms with Crippen molar-refractivity contribution in [2.24, 2.45) is 5.92 Å². The quantitative estimate of drug-likeness (QED) is 0.444. The Hall–Kier alpha value is -1.21. The molecule has 0 saturated carbocycles. The summed E-state index contributed by atoms with van der Waals surface area (Å²) >= 11 is 0. The summed E-state index contributed by atoms with van der Waals surface area (Å²) in [6.45, 7) is 17.0. The highest BCUT2D eigenvalue weighted by molar-refractivity contribution is 6.74. The molecule has 6 heteroatoms. The number of nitrogens with one attached hydrogen (secondary N) is 3.